The molecule has 0 aromatic carbocycles. The highest BCUT2D eigenvalue weighted by Gasteiger charge is 2.25. The average Bonchev–Trinajstić information content (AvgIpc) is 3.32. The van der Waals surface area contributed by atoms with Crippen molar-refractivity contribution in [1.82, 2.24) is 0 Å². The summed E-state index contributed by atoms with van der Waals surface area (Å²) in [7, 11) is 0. The number of hydrogen-bond acceptors (Lipinski definition) is 7. The number of hydrogen-bond donors (Lipinski definition) is 0. The van der Waals surface area contributed by atoms with Crippen LogP contribution in [0.15, 0.2) is 23.0 Å². The summed E-state index contributed by atoms with van der Waals surface area (Å²) in [5.41, 5.74) is 0. The van der Waals surface area contributed by atoms with Crippen molar-refractivity contribution >= 4 is 0 Å². The molecule has 0 bridgehead atoms. The van der Waals surface area contributed by atoms with E-state index in [0.717, 1.165) is 100 Å². The van der Waals surface area contributed by atoms with Crippen molar-refractivity contribution in [3.05, 3.63) is 23.0 Å². The van der Waals surface area contributed by atoms with E-state index in [-0.39, 0.29) is 25.8 Å². The highest BCUT2D eigenvalue weighted by molar-refractivity contribution is 5.09. The minimum Gasteiger partial charge on any atom is -0.494 e. The molecule has 2 atom stereocenters. The number of allylic oxidation sites excluding steroid dienone is 2. The normalized spacial score (nSPS) is 13.4. The molecule has 0 spiro atoms. The first-order valence-corrected chi connectivity index (χ1v) is 28.9. The zero-order valence-corrected chi connectivity index (χ0v) is 45.1. The van der Waals surface area contributed by atoms with Gasteiger partial charge in [0.15, 0.2) is 25.1 Å². The Morgan fingerprint density at radius 1 is 0.277 bits per heavy atom. The van der Waals surface area contributed by atoms with E-state index in [9.17, 15) is 0 Å². The van der Waals surface area contributed by atoms with Crippen LogP contribution in [0.25, 0.3) is 0 Å². The van der Waals surface area contributed by atoms with Gasteiger partial charge in [-0.1, -0.05) is 235 Å². The minimum absolute atomic E-state index is 0.134. The van der Waals surface area contributed by atoms with E-state index >= 15 is 0 Å². The van der Waals surface area contributed by atoms with Gasteiger partial charge in [0.05, 0.1) is 26.4 Å². The zero-order valence-electron chi connectivity index (χ0n) is 45.1. The summed E-state index contributed by atoms with van der Waals surface area (Å²) < 4.78 is 46.1. The van der Waals surface area contributed by atoms with Crippen molar-refractivity contribution in [2.24, 2.45) is 0 Å². The van der Waals surface area contributed by atoms with Crippen molar-refractivity contribution in [3.63, 3.8) is 0 Å². The van der Waals surface area contributed by atoms with E-state index in [1.54, 1.807) is 0 Å². The lowest BCUT2D eigenvalue weighted by Crippen LogP contribution is -2.25. The van der Waals surface area contributed by atoms with E-state index in [2.05, 4.69) is 55.4 Å². The number of rotatable bonds is 54. The van der Waals surface area contributed by atoms with Gasteiger partial charge in [-0.25, -0.2) is 0 Å². The molecule has 0 amide bonds. The summed E-state index contributed by atoms with van der Waals surface area (Å²) in [5, 5.41) is 0. The van der Waals surface area contributed by atoms with Gasteiger partial charge in [0, 0.05) is 12.8 Å². The fourth-order valence-electron chi connectivity index (χ4n) is 8.40. The summed E-state index contributed by atoms with van der Waals surface area (Å²) >= 11 is 0. The smallest absolute Gasteiger partial charge is 0.162 e. The Kier molecular flexibility index (Phi) is 50.8. The molecule has 0 aliphatic rings. The van der Waals surface area contributed by atoms with E-state index in [1.165, 1.54) is 167 Å². The van der Waals surface area contributed by atoms with Crippen LogP contribution in [0.3, 0.4) is 0 Å². The van der Waals surface area contributed by atoms with Crippen LogP contribution in [-0.4, -0.2) is 52.2 Å². The van der Waals surface area contributed by atoms with Gasteiger partial charge in [0.1, 0.15) is 23.7 Å². The molecule has 0 radical (unpaired) electrons. The Labute approximate surface area is 406 Å². The van der Waals surface area contributed by atoms with E-state index in [0.29, 0.717) is 26.4 Å². The van der Waals surface area contributed by atoms with Gasteiger partial charge in [-0.2, -0.15) is 0 Å². The Morgan fingerprint density at radius 3 is 0.831 bits per heavy atom. The fourth-order valence-corrected chi connectivity index (χ4v) is 8.40. The van der Waals surface area contributed by atoms with E-state index < -0.39 is 0 Å². The molecule has 0 heterocycles. The van der Waals surface area contributed by atoms with Crippen LogP contribution in [-0.2, 0) is 33.2 Å². The van der Waals surface area contributed by atoms with Crippen molar-refractivity contribution in [2.45, 2.75) is 312 Å². The molecule has 7 nitrogen and oxygen atoms in total. The fraction of sp³-hybridized carbons (Fsp3) is 0.931. The summed E-state index contributed by atoms with van der Waals surface area (Å²) in [6, 6.07) is 0. The Hall–Kier alpha value is -1.44. The SMILES string of the molecule is CCCCCCCCCCC(OCCC)=C(OCCC)C(CCCCCCCCC)OCOCOC(CCCCCCCCC)C(OCCC)=C(CCCCCCCCCC)OCCC. The minimum atomic E-state index is -0.217. The molecule has 2 unspecified atom stereocenters. The third kappa shape index (κ3) is 39.1. The third-order valence-electron chi connectivity index (χ3n) is 12.4. The van der Waals surface area contributed by atoms with E-state index in [1.807, 2.05) is 0 Å². The quantitative estimate of drug-likeness (QED) is 0.0342. The van der Waals surface area contributed by atoms with E-state index in [4.69, 9.17) is 33.2 Å². The maximum absolute atomic E-state index is 6.72. The molecule has 0 aliphatic heterocycles. The average molecular weight is 924 g/mol. The zero-order chi connectivity index (χ0) is 47.5. The topological polar surface area (TPSA) is 64.6 Å². The molecular weight excluding hydrogens is 809 g/mol. The molecule has 0 aromatic rings. The molecule has 388 valence electrons. The van der Waals surface area contributed by atoms with Gasteiger partial charge in [0.2, 0.25) is 0 Å². The molecule has 0 aliphatic carbocycles. The lowest BCUT2D eigenvalue weighted by atomic mass is 10.0. The first-order valence-electron chi connectivity index (χ1n) is 28.9. The van der Waals surface area contributed by atoms with Gasteiger partial charge in [-0.05, 0) is 51.4 Å². The summed E-state index contributed by atoms with van der Waals surface area (Å²) in [4.78, 5) is 0. The second-order valence-corrected chi connectivity index (χ2v) is 19.0. The lowest BCUT2D eigenvalue weighted by Gasteiger charge is -2.26. The van der Waals surface area contributed by atoms with Crippen LogP contribution in [0.4, 0.5) is 0 Å². The molecule has 0 aromatic heterocycles. The maximum Gasteiger partial charge on any atom is 0.162 e. The van der Waals surface area contributed by atoms with Gasteiger partial charge < -0.3 is 33.2 Å². The van der Waals surface area contributed by atoms with Crippen molar-refractivity contribution < 1.29 is 33.2 Å². The van der Waals surface area contributed by atoms with Gasteiger partial charge in [-0.15, -0.1) is 0 Å². The summed E-state index contributed by atoms with van der Waals surface area (Å²) in [5.74, 6) is 3.77. The van der Waals surface area contributed by atoms with Crippen LogP contribution < -0.4 is 0 Å². The molecule has 0 fully saturated rings. The van der Waals surface area contributed by atoms with Crippen LogP contribution in [0.2, 0.25) is 0 Å². The molecular formula is C58H114O7. The van der Waals surface area contributed by atoms with Crippen molar-refractivity contribution in [1.29, 1.82) is 0 Å². The van der Waals surface area contributed by atoms with Gasteiger partial charge in [-0.3, -0.25) is 0 Å². The predicted molar refractivity (Wildman–Crippen MR) is 279 cm³/mol. The van der Waals surface area contributed by atoms with Crippen LogP contribution in [0, 0.1) is 0 Å². The first-order chi connectivity index (χ1) is 32.1. The maximum atomic E-state index is 6.72. The molecule has 0 N–H and O–H groups in total. The highest BCUT2D eigenvalue weighted by Crippen LogP contribution is 2.28. The monoisotopic (exact) mass is 923 g/mol. The molecule has 7 heteroatoms. The molecule has 0 rings (SSSR count). The third-order valence-corrected chi connectivity index (χ3v) is 12.4. The Bertz CT molecular complexity index is 934. The standard InChI is InChI=1S/C58H114O7/c1-9-17-21-25-29-33-37-39-43-53(60-47-13-5)57(62-49-15-7)55(45-41-35-31-27-23-19-11-3)64-51-59-52-65-56(46-42-36-32-28-24-20-12-4)58(63-50-16-8)54(61-48-14-6)44-40-38-34-30-26-22-18-10-2/h55-56H,9-52H2,1-8H3. The highest BCUT2D eigenvalue weighted by atomic mass is 16.7. The number of ether oxygens (including phenoxy) is 7. The summed E-state index contributed by atoms with van der Waals surface area (Å²) in [6.07, 6.45) is 45.1. The largest absolute Gasteiger partial charge is 0.494 e. The lowest BCUT2D eigenvalue weighted by molar-refractivity contribution is -0.167. The second kappa shape index (κ2) is 51.9. The van der Waals surface area contributed by atoms with Crippen LogP contribution in [0.5, 0.6) is 0 Å². The van der Waals surface area contributed by atoms with Crippen molar-refractivity contribution in [3.8, 4) is 0 Å². The van der Waals surface area contributed by atoms with Gasteiger partial charge in [0.25, 0.3) is 0 Å². The number of unbranched alkanes of at least 4 members (excludes halogenated alkanes) is 26. The first kappa shape index (κ1) is 63.6. The molecule has 0 saturated heterocycles. The predicted octanol–water partition coefficient (Wildman–Crippen LogP) is 19.2. The molecule has 65 heavy (non-hydrogen) atoms. The Morgan fingerprint density at radius 2 is 0.538 bits per heavy atom. The van der Waals surface area contributed by atoms with Crippen molar-refractivity contribution in [2.75, 3.05) is 40.0 Å². The van der Waals surface area contributed by atoms with Crippen LogP contribution in [0.1, 0.15) is 299 Å². The second-order valence-electron chi connectivity index (χ2n) is 19.0. The summed E-state index contributed by atoms with van der Waals surface area (Å²) in [6.45, 7) is 20.8. The van der Waals surface area contributed by atoms with Crippen LogP contribution >= 0.6 is 0 Å². The van der Waals surface area contributed by atoms with Gasteiger partial charge >= 0.3 is 0 Å². The molecule has 0 saturated carbocycles. The Balaban J connectivity index is 6.26.